The van der Waals surface area contributed by atoms with Gasteiger partial charge in [0.15, 0.2) is 0 Å². The van der Waals surface area contributed by atoms with Gasteiger partial charge in [0.25, 0.3) is 0 Å². The fourth-order valence-corrected chi connectivity index (χ4v) is 4.23. The number of carboxylic acid groups (broad SMARTS) is 1. The lowest BCUT2D eigenvalue weighted by Crippen LogP contribution is -2.31. The summed E-state index contributed by atoms with van der Waals surface area (Å²) in [5.74, 6) is -2.63. The third-order valence-electron chi connectivity index (χ3n) is 4.01. The van der Waals surface area contributed by atoms with Crippen LogP contribution in [0.1, 0.15) is 6.42 Å². The van der Waals surface area contributed by atoms with E-state index in [-0.39, 0.29) is 23.0 Å². The van der Waals surface area contributed by atoms with Gasteiger partial charge in [-0.05, 0) is 36.4 Å². The van der Waals surface area contributed by atoms with E-state index >= 15 is 0 Å². The van der Waals surface area contributed by atoms with Crippen LogP contribution in [0.25, 0.3) is 0 Å². The summed E-state index contributed by atoms with van der Waals surface area (Å²) >= 11 is 13.3. The van der Waals surface area contributed by atoms with Crippen LogP contribution in [0, 0.1) is 0 Å². The maximum atomic E-state index is 12.8. The lowest BCUT2D eigenvalue weighted by Gasteiger charge is -2.16. The fourth-order valence-electron chi connectivity index (χ4n) is 2.75. The van der Waals surface area contributed by atoms with E-state index in [1.165, 1.54) is 23.9 Å². The number of aliphatic carboxylic acids is 1. The minimum absolute atomic E-state index is 0.00964. The Bertz CT molecular complexity index is 1070. The monoisotopic (exact) mass is 464 g/mol. The maximum Gasteiger partial charge on any atom is 0.328 e. The molecule has 3 amide bonds. The van der Waals surface area contributed by atoms with Crippen molar-refractivity contribution in [2.75, 3.05) is 10.2 Å². The highest BCUT2D eigenvalue weighted by atomic mass is 35.5. The predicted molar refractivity (Wildman–Crippen MR) is 115 cm³/mol. The number of hydrogen-bond acceptors (Lipinski definition) is 5. The minimum Gasteiger partial charge on any atom is -0.478 e. The predicted octanol–water partition coefficient (Wildman–Crippen LogP) is 4.00. The van der Waals surface area contributed by atoms with Gasteiger partial charge in [-0.2, -0.15) is 0 Å². The first-order valence-corrected chi connectivity index (χ1v) is 10.2. The zero-order valence-electron chi connectivity index (χ0n) is 15.2. The van der Waals surface area contributed by atoms with Gasteiger partial charge in [-0.3, -0.25) is 14.4 Å². The Labute approximate surface area is 185 Å². The van der Waals surface area contributed by atoms with Gasteiger partial charge in [0.1, 0.15) is 0 Å². The van der Waals surface area contributed by atoms with E-state index in [1.54, 1.807) is 30.3 Å². The number of benzene rings is 2. The van der Waals surface area contributed by atoms with Crippen molar-refractivity contribution in [2.24, 2.45) is 0 Å². The molecule has 0 radical (unpaired) electrons. The van der Waals surface area contributed by atoms with E-state index in [2.05, 4.69) is 5.32 Å². The molecule has 3 rings (SSSR count). The number of rotatable bonds is 6. The summed E-state index contributed by atoms with van der Waals surface area (Å²) < 4.78 is 0. The molecule has 154 valence electrons. The van der Waals surface area contributed by atoms with Crippen LogP contribution in [0.2, 0.25) is 10.0 Å². The third kappa shape index (κ3) is 5.21. The minimum atomic E-state index is -1.23. The number of hydrogen-bond donors (Lipinski definition) is 2. The molecular formula is C20H14Cl2N2O5S. The van der Waals surface area contributed by atoms with Crippen molar-refractivity contribution in [3.05, 3.63) is 64.7 Å². The molecule has 1 atom stereocenters. The van der Waals surface area contributed by atoms with E-state index in [1.807, 2.05) is 0 Å². The molecule has 0 unspecified atom stereocenters. The molecule has 2 aromatic rings. The van der Waals surface area contributed by atoms with Crippen LogP contribution < -0.4 is 10.2 Å². The molecule has 0 bridgehead atoms. The topological polar surface area (TPSA) is 104 Å². The summed E-state index contributed by atoms with van der Waals surface area (Å²) in [5, 5.41) is 11.0. The number of nitrogens with one attached hydrogen (secondary N) is 1. The van der Waals surface area contributed by atoms with Gasteiger partial charge in [0, 0.05) is 34.2 Å². The number of thioether (sulfide) groups is 1. The SMILES string of the molecule is O=C(O)/C=C/C(=O)Nc1cccc(S[C@H]2CC(=O)N(c3cc(Cl)ccc3Cl)C2=O)c1. The summed E-state index contributed by atoms with van der Waals surface area (Å²) in [6, 6.07) is 11.2. The first-order chi connectivity index (χ1) is 14.2. The Morgan fingerprint density at radius 3 is 2.63 bits per heavy atom. The highest BCUT2D eigenvalue weighted by molar-refractivity contribution is 8.00. The van der Waals surface area contributed by atoms with Crippen molar-refractivity contribution in [2.45, 2.75) is 16.6 Å². The van der Waals surface area contributed by atoms with E-state index in [0.717, 1.165) is 17.1 Å². The second kappa shape index (κ2) is 9.34. The van der Waals surface area contributed by atoms with Crippen LogP contribution >= 0.6 is 35.0 Å². The summed E-state index contributed by atoms with van der Waals surface area (Å²) in [4.78, 5) is 49.2. The van der Waals surface area contributed by atoms with Crippen LogP contribution in [0.15, 0.2) is 59.5 Å². The molecule has 1 aliphatic rings. The lowest BCUT2D eigenvalue weighted by molar-refractivity contribution is -0.131. The molecule has 7 nitrogen and oxygen atoms in total. The molecule has 1 heterocycles. The molecule has 0 spiro atoms. The fraction of sp³-hybridized carbons (Fsp3) is 0.100. The number of carbonyl (C=O) groups is 4. The van der Waals surface area contributed by atoms with Crippen molar-refractivity contribution in [3.63, 3.8) is 0 Å². The number of anilines is 2. The first-order valence-electron chi connectivity index (χ1n) is 8.55. The molecule has 0 aliphatic carbocycles. The van der Waals surface area contributed by atoms with Crippen molar-refractivity contribution >= 4 is 70.0 Å². The third-order valence-corrected chi connectivity index (χ3v) is 5.75. The highest BCUT2D eigenvalue weighted by Crippen LogP contribution is 2.38. The van der Waals surface area contributed by atoms with Crippen LogP contribution in [0.5, 0.6) is 0 Å². The van der Waals surface area contributed by atoms with Gasteiger partial charge < -0.3 is 10.4 Å². The van der Waals surface area contributed by atoms with Gasteiger partial charge in [0.05, 0.1) is 16.0 Å². The number of imide groups is 1. The summed E-state index contributed by atoms with van der Waals surface area (Å²) in [5.41, 5.74) is 0.667. The number of amides is 3. The van der Waals surface area contributed by atoms with Crippen LogP contribution in [-0.2, 0) is 19.2 Å². The summed E-state index contributed by atoms with van der Waals surface area (Å²) in [6.45, 7) is 0. The Hall–Kier alpha value is -2.81. The Kier molecular flexibility index (Phi) is 6.81. The second-order valence-electron chi connectivity index (χ2n) is 6.16. The number of halogens is 2. The molecule has 30 heavy (non-hydrogen) atoms. The molecule has 1 aliphatic heterocycles. The van der Waals surface area contributed by atoms with Gasteiger partial charge in [-0.25, -0.2) is 9.69 Å². The van der Waals surface area contributed by atoms with Gasteiger partial charge in [0.2, 0.25) is 17.7 Å². The Morgan fingerprint density at radius 1 is 1.13 bits per heavy atom. The molecule has 0 saturated carbocycles. The van der Waals surface area contributed by atoms with Gasteiger partial charge in [-0.1, -0.05) is 29.3 Å². The molecule has 1 fully saturated rings. The molecule has 1 saturated heterocycles. The second-order valence-corrected chi connectivity index (χ2v) is 8.28. The number of carboxylic acids is 1. The Morgan fingerprint density at radius 2 is 1.90 bits per heavy atom. The zero-order chi connectivity index (χ0) is 21.8. The normalized spacial score (nSPS) is 16.3. The van der Waals surface area contributed by atoms with E-state index in [9.17, 15) is 19.2 Å². The average molecular weight is 465 g/mol. The van der Waals surface area contributed by atoms with E-state index < -0.39 is 23.0 Å². The lowest BCUT2D eigenvalue weighted by atomic mass is 10.3. The highest BCUT2D eigenvalue weighted by Gasteiger charge is 2.41. The largest absolute Gasteiger partial charge is 0.478 e. The van der Waals surface area contributed by atoms with Crippen LogP contribution in [0.4, 0.5) is 11.4 Å². The van der Waals surface area contributed by atoms with E-state index in [0.29, 0.717) is 15.6 Å². The van der Waals surface area contributed by atoms with Crippen LogP contribution in [0.3, 0.4) is 0 Å². The Balaban J connectivity index is 1.73. The molecule has 0 aromatic heterocycles. The molecule has 10 heteroatoms. The van der Waals surface area contributed by atoms with Gasteiger partial charge in [-0.15, -0.1) is 11.8 Å². The van der Waals surface area contributed by atoms with Crippen molar-refractivity contribution in [1.29, 1.82) is 0 Å². The quantitative estimate of drug-likeness (QED) is 0.494. The smallest absolute Gasteiger partial charge is 0.328 e. The van der Waals surface area contributed by atoms with Crippen molar-refractivity contribution < 1.29 is 24.3 Å². The van der Waals surface area contributed by atoms with Crippen molar-refractivity contribution in [3.8, 4) is 0 Å². The zero-order valence-corrected chi connectivity index (χ0v) is 17.5. The number of nitrogens with zero attached hydrogens (tertiary/aromatic N) is 1. The van der Waals surface area contributed by atoms with Crippen molar-refractivity contribution in [1.82, 2.24) is 0 Å². The standard InChI is InChI=1S/C20H14Cl2N2O5S/c21-11-4-5-14(22)15(8-11)24-18(26)10-16(20(24)29)30-13-3-1-2-12(9-13)23-17(25)6-7-19(27)28/h1-9,16H,10H2,(H,23,25)(H,27,28)/b7-6+/t16-/m0/s1. The molecular weight excluding hydrogens is 451 g/mol. The summed E-state index contributed by atoms with van der Waals surface area (Å²) in [7, 11) is 0. The first kappa shape index (κ1) is 21.9. The number of carbonyl (C=O) groups excluding carboxylic acids is 3. The van der Waals surface area contributed by atoms with E-state index in [4.69, 9.17) is 28.3 Å². The molecule has 2 N–H and O–H groups in total. The van der Waals surface area contributed by atoms with Gasteiger partial charge >= 0.3 is 5.97 Å². The summed E-state index contributed by atoms with van der Waals surface area (Å²) in [6.07, 6.45) is 1.62. The van der Waals surface area contributed by atoms with Crippen LogP contribution in [-0.4, -0.2) is 34.0 Å². The molecule has 2 aromatic carbocycles. The maximum absolute atomic E-state index is 12.8. The average Bonchev–Trinajstić information content (AvgIpc) is 2.95.